The first-order chi connectivity index (χ1) is 14.2. The Balaban J connectivity index is 2.46. The first kappa shape index (κ1) is 25.8. The van der Waals surface area contributed by atoms with Gasteiger partial charge in [-0.2, -0.15) is 0 Å². The molecule has 0 aliphatic carbocycles. The van der Waals surface area contributed by atoms with Gasteiger partial charge in [0.15, 0.2) is 8.32 Å². The van der Waals surface area contributed by atoms with Crippen LogP contribution in [0.3, 0.4) is 0 Å². The van der Waals surface area contributed by atoms with E-state index in [0.29, 0.717) is 5.69 Å². The van der Waals surface area contributed by atoms with E-state index in [1.807, 2.05) is 48.5 Å². The molecule has 8 heteroatoms. The zero-order valence-corrected chi connectivity index (χ0v) is 23.6. The van der Waals surface area contributed by atoms with Crippen LogP contribution in [-0.4, -0.2) is 27.4 Å². The average Bonchev–Trinajstić information content (AvgIpc) is 2.74. The largest absolute Gasteiger partial charge is 0.409 e. The highest BCUT2D eigenvalue weighted by atomic mass is 127. The SMILES string of the molecule is CC[Si](CC)(CC)OC(CI)c1ccc(Br)c(N(Cc2ccccc2)S(C)(=O)=O)c1. The highest BCUT2D eigenvalue weighted by Gasteiger charge is 2.32. The van der Waals surface area contributed by atoms with E-state index in [1.165, 1.54) is 10.6 Å². The van der Waals surface area contributed by atoms with E-state index in [1.54, 1.807) is 0 Å². The van der Waals surface area contributed by atoms with Gasteiger partial charge < -0.3 is 4.43 Å². The second-order valence-corrected chi connectivity index (χ2v) is 15.8. The molecule has 0 fully saturated rings. The lowest BCUT2D eigenvalue weighted by atomic mass is 10.1. The molecule has 0 aromatic heterocycles. The minimum atomic E-state index is -3.47. The highest BCUT2D eigenvalue weighted by Crippen LogP contribution is 2.36. The van der Waals surface area contributed by atoms with E-state index in [0.717, 1.165) is 38.2 Å². The molecule has 30 heavy (non-hydrogen) atoms. The van der Waals surface area contributed by atoms with E-state index >= 15 is 0 Å². The molecule has 1 unspecified atom stereocenters. The van der Waals surface area contributed by atoms with E-state index in [9.17, 15) is 8.42 Å². The Bertz CT molecular complexity index is 915. The maximum Gasteiger partial charge on any atom is 0.232 e. The van der Waals surface area contributed by atoms with Crippen molar-refractivity contribution in [3.63, 3.8) is 0 Å². The van der Waals surface area contributed by atoms with Crippen LogP contribution >= 0.6 is 38.5 Å². The summed E-state index contributed by atoms with van der Waals surface area (Å²) in [6.45, 7) is 6.96. The van der Waals surface area contributed by atoms with Crippen molar-refractivity contribution in [1.29, 1.82) is 0 Å². The van der Waals surface area contributed by atoms with Crippen LogP contribution in [0.2, 0.25) is 18.1 Å². The molecule has 0 heterocycles. The van der Waals surface area contributed by atoms with Gasteiger partial charge in [-0.15, -0.1) is 0 Å². The Kier molecular flexibility index (Phi) is 9.86. The Labute approximate surface area is 204 Å². The van der Waals surface area contributed by atoms with Crippen LogP contribution in [0, 0.1) is 0 Å². The lowest BCUT2D eigenvalue weighted by Crippen LogP contribution is -2.37. The fraction of sp³-hybridized carbons (Fsp3) is 0.455. The monoisotopic (exact) mass is 623 g/mol. The van der Waals surface area contributed by atoms with Gasteiger partial charge in [-0.05, 0) is 57.3 Å². The predicted octanol–water partition coefficient (Wildman–Crippen LogP) is 6.91. The Morgan fingerprint density at radius 1 is 1.07 bits per heavy atom. The van der Waals surface area contributed by atoms with Crippen LogP contribution in [0.5, 0.6) is 0 Å². The number of hydrogen-bond acceptors (Lipinski definition) is 3. The second-order valence-electron chi connectivity index (χ2n) is 7.47. The van der Waals surface area contributed by atoms with E-state index in [4.69, 9.17) is 4.43 Å². The summed E-state index contributed by atoms with van der Waals surface area (Å²) >= 11 is 5.94. The van der Waals surface area contributed by atoms with Crippen molar-refractivity contribution in [2.75, 3.05) is 15.0 Å². The van der Waals surface area contributed by atoms with E-state index < -0.39 is 18.3 Å². The molecule has 4 nitrogen and oxygen atoms in total. The lowest BCUT2D eigenvalue weighted by Gasteiger charge is -2.33. The van der Waals surface area contributed by atoms with Crippen molar-refractivity contribution < 1.29 is 12.8 Å². The quantitative estimate of drug-likeness (QED) is 0.155. The first-order valence-electron chi connectivity index (χ1n) is 10.2. The standard InChI is InChI=1S/C22H31BrINO3SSi/c1-5-30(6-2,7-3)28-22(16-24)19-13-14-20(23)21(15-19)25(29(4,26)27)17-18-11-9-8-10-12-18/h8-15,22H,5-7,16-17H2,1-4H3. The number of halogens is 2. The molecule has 2 aromatic rings. The zero-order valence-electron chi connectivity index (χ0n) is 18.1. The number of rotatable bonds is 11. The van der Waals surface area contributed by atoms with Crippen molar-refractivity contribution in [2.45, 2.75) is 51.6 Å². The Morgan fingerprint density at radius 2 is 1.67 bits per heavy atom. The van der Waals surface area contributed by atoms with Crippen molar-refractivity contribution in [2.24, 2.45) is 0 Å². The summed E-state index contributed by atoms with van der Waals surface area (Å²) in [6.07, 6.45) is 1.21. The number of alkyl halides is 1. The van der Waals surface area contributed by atoms with Crippen molar-refractivity contribution in [3.8, 4) is 0 Å². The molecule has 0 amide bonds. The molecular weight excluding hydrogens is 593 g/mol. The average molecular weight is 624 g/mol. The summed E-state index contributed by atoms with van der Waals surface area (Å²) in [7, 11) is -5.26. The smallest absolute Gasteiger partial charge is 0.232 e. The van der Waals surface area contributed by atoms with Gasteiger partial charge >= 0.3 is 0 Å². The van der Waals surface area contributed by atoms with Gasteiger partial charge in [0.05, 0.1) is 24.6 Å². The Hall–Kier alpha value is -0.423. The normalized spacial score (nSPS) is 13.3. The third-order valence-electron chi connectivity index (χ3n) is 5.65. The molecule has 0 radical (unpaired) electrons. The molecule has 0 bridgehead atoms. The van der Waals surface area contributed by atoms with Gasteiger partial charge in [-0.1, -0.05) is 79.8 Å². The van der Waals surface area contributed by atoms with Crippen LogP contribution in [0.15, 0.2) is 53.0 Å². The molecule has 0 N–H and O–H groups in total. The predicted molar refractivity (Wildman–Crippen MR) is 142 cm³/mol. The highest BCUT2D eigenvalue weighted by molar-refractivity contribution is 14.1. The fourth-order valence-corrected chi connectivity index (χ4v) is 8.86. The summed E-state index contributed by atoms with van der Waals surface area (Å²) in [6, 6.07) is 18.9. The topological polar surface area (TPSA) is 46.6 Å². The zero-order chi connectivity index (χ0) is 22.4. The molecule has 2 rings (SSSR count). The maximum absolute atomic E-state index is 12.7. The summed E-state index contributed by atoms with van der Waals surface area (Å²) in [5, 5.41) is 0. The van der Waals surface area contributed by atoms with Gasteiger partial charge in [-0.25, -0.2) is 8.42 Å². The third-order valence-corrected chi connectivity index (χ3v) is 12.9. The van der Waals surface area contributed by atoms with Gasteiger partial charge in [0, 0.05) is 8.90 Å². The molecule has 0 saturated carbocycles. The number of anilines is 1. The summed E-state index contributed by atoms with van der Waals surface area (Å²) in [4.78, 5) is 0. The van der Waals surface area contributed by atoms with Crippen LogP contribution < -0.4 is 4.31 Å². The third kappa shape index (κ3) is 6.54. The molecule has 0 aliphatic heterocycles. The van der Waals surface area contributed by atoms with Gasteiger partial charge in [-0.3, -0.25) is 4.31 Å². The summed E-state index contributed by atoms with van der Waals surface area (Å²) in [5.41, 5.74) is 2.61. The van der Waals surface area contributed by atoms with E-state index in [2.05, 4.69) is 59.3 Å². The minimum absolute atomic E-state index is 0.0397. The molecular formula is C22H31BrINO3SSi. The number of sulfonamides is 1. The number of hydrogen-bond donors (Lipinski definition) is 0. The maximum atomic E-state index is 12.7. The minimum Gasteiger partial charge on any atom is -0.409 e. The summed E-state index contributed by atoms with van der Waals surface area (Å²) < 4.78 is 35.2. The van der Waals surface area contributed by atoms with Crippen molar-refractivity contribution in [3.05, 3.63) is 64.1 Å². The number of benzene rings is 2. The molecule has 0 saturated heterocycles. The van der Waals surface area contributed by atoms with Gasteiger partial charge in [0.2, 0.25) is 10.0 Å². The first-order valence-corrected chi connectivity index (χ1v) is 16.9. The van der Waals surface area contributed by atoms with Crippen molar-refractivity contribution in [1.82, 2.24) is 0 Å². The second kappa shape index (κ2) is 11.4. The van der Waals surface area contributed by atoms with Crippen LogP contribution in [0.4, 0.5) is 5.69 Å². The molecule has 0 spiro atoms. The van der Waals surface area contributed by atoms with Gasteiger partial charge in [0.25, 0.3) is 0 Å². The van der Waals surface area contributed by atoms with Crippen molar-refractivity contribution >= 4 is 62.5 Å². The van der Waals surface area contributed by atoms with Gasteiger partial charge in [0.1, 0.15) is 0 Å². The van der Waals surface area contributed by atoms with Crippen LogP contribution in [0.25, 0.3) is 0 Å². The lowest BCUT2D eigenvalue weighted by molar-refractivity contribution is 0.217. The molecule has 166 valence electrons. The fourth-order valence-electron chi connectivity index (χ4n) is 3.54. The van der Waals surface area contributed by atoms with Crippen LogP contribution in [-0.2, 0) is 21.0 Å². The molecule has 2 aromatic carbocycles. The van der Waals surface area contributed by atoms with Crippen LogP contribution in [0.1, 0.15) is 38.0 Å². The molecule has 0 aliphatic rings. The number of nitrogens with zero attached hydrogens (tertiary/aromatic N) is 1. The van der Waals surface area contributed by atoms with E-state index in [-0.39, 0.29) is 12.6 Å². The molecule has 1 atom stereocenters. The summed E-state index contributed by atoms with van der Waals surface area (Å²) in [5.74, 6) is 0. The Morgan fingerprint density at radius 3 is 2.17 bits per heavy atom.